The van der Waals surface area contributed by atoms with Crippen LogP contribution in [0.25, 0.3) is 0 Å². The molecule has 28 heavy (non-hydrogen) atoms. The first-order valence-corrected chi connectivity index (χ1v) is 9.76. The lowest BCUT2D eigenvalue weighted by molar-refractivity contribution is -0.225. The van der Waals surface area contributed by atoms with Crippen LogP contribution in [0.5, 0.6) is 11.5 Å². The van der Waals surface area contributed by atoms with Crippen LogP contribution in [0.15, 0.2) is 24.0 Å². The molecule has 156 valence electrons. The van der Waals surface area contributed by atoms with Crippen LogP contribution in [-0.2, 0) is 4.74 Å². The number of phenolic OH excluding ortho intramolecular Hbond substituents is 1. The SMILES string of the molecule is COC=C1CCC(C2CCC(C(F)(F)Oc3ccc(O)c(F)c3F)CC2)CC1. The summed E-state index contributed by atoms with van der Waals surface area (Å²) in [6, 6.07) is 1.62. The minimum Gasteiger partial charge on any atom is -0.505 e. The minimum atomic E-state index is -3.59. The van der Waals surface area contributed by atoms with Crippen LogP contribution in [0.3, 0.4) is 0 Å². The molecule has 0 aromatic heterocycles. The van der Waals surface area contributed by atoms with Crippen molar-refractivity contribution in [3.63, 3.8) is 0 Å². The maximum atomic E-state index is 14.5. The molecule has 1 N–H and O–H groups in total. The van der Waals surface area contributed by atoms with Crippen LogP contribution >= 0.6 is 0 Å². The third-order valence-electron chi connectivity index (χ3n) is 6.14. The van der Waals surface area contributed by atoms with Crippen molar-refractivity contribution in [3.8, 4) is 11.5 Å². The monoisotopic (exact) mass is 402 g/mol. The maximum absolute atomic E-state index is 14.5. The van der Waals surface area contributed by atoms with E-state index in [1.165, 1.54) is 5.57 Å². The van der Waals surface area contributed by atoms with Gasteiger partial charge in [0.1, 0.15) is 0 Å². The Hall–Kier alpha value is -1.92. The third-order valence-corrected chi connectivity index (χ3v) is 6.14. The van der Waals surface area contributed by atoms with E-state index in [1.54, 1.807) is 13.4 Å². The summed E-state index contributed by atoms with van der Waals surface area (Å²) in [5, 5.41) is 9.10. The molecule has 1 aromatic carbocycles. The topological polar surface area (TPSA) is 38.7 Å². The fraction of sp³-hybridized carbons (Fsp3) is 0.619. The van der Waals surface area contributed by atoms with Gasteiger partial charge in [-0.05, 0) is 80.9 Å². The van der Waals surface area contributed by atoms with Crippen molar-refractivity contribution in [2.45, 2.75) is 57.5 Å². The quantitative estimate of drug-likeness (QED) is 0.473. The molecule has 2 fully saturated rings. The van der Waals surface area contributed by atoms with Gasteiger partial charge < -0.3 is 14.6 Å². The highest BCUT2D eigenvalue weighted by Gasteiger charge is 2.45. The molecule has 2 aliphatic carbocycles. The van der Waals surface area contributed by atoms with Gasteiger partial charge in [0.15, 0.2) is 11.5 Å². The van der Waals surface area contributed by atoms with E-state index >= 15 is 0 Å². The zero-order valence-corrected chi connectivity index (χ0v) is 15.9. The Morgan fingerprint density at radius 1 is 0.964 bits per heavy atom. The lowest BCUT2D eigenvalue weighted by Gasteiger charge is -2.38. The molecule has 1 aromatic rings. The first-order valence-electron chi connectivity index (χ1n) is 9.76. The summed E-state index contributed by atoms with van der Waals surface area (Å²) >= 11 is 0. The van der Waals surface area contributed by atoms with Gasteiger partial charge in [0.05, 0.1) is 19.3 Å². The number of ether oxygens (including phenoxy) is 2. The molecule has 7 heteroatoms. The van der Waals surface area contributed by atoms with Crippen LogP contribution in [0.2, 0.25) is 0 Å². The number of halogens is 4. The highest BCUT2D eigenvalue weighted by atomic mass is 19.3. The van der Waals surface area contributed by atoms with Gasteiger partial charge in [0.25, 0.3) is 0 Å². The van der Waals surface area contributed by atoms with Gasteiger partial charge in [0.2, 0.25) is 11.6 Å². The Bertz CT molecular complexity index is 702. The Balaban J connectivity index is 1.55. The molecule has 0 bridgehead atoms. The van der Waals surface area contributed by atoms with Gasteiger partial charge in [0, 0.05) is 0 Å². The van der Waals surface area contributed by atoms with Gasteiger partial charge in [-0.1, -0.05) is 0 Å². The summed E-state index contributed by atoms with van der Waals surface area (Å²) in [5.74, 6) is -5.09. The normalized spacial score (nSPS) is 26.0. The van der Waals surface area contributed by atoms with Crippen LogP contribution in [-0.4, -0.2) is 18.3 Å². The number of hydrogen-bond acceptors (Lipinski definition) is 3. The standard InChI is InChI=1S/C21H26F4O3/c1-27-12-13-2-4-14(5-3-13)15-6-8-16(9-7-15)21(24,25)28-18-11-10-17(26)19(22)20(18)23/h10-12,14-16,26H,2-9H2,1H3. The molecule has 2 saturated carbocycles. The summed E-state index contributed by atoms with van der Waals surface area (Å²) in [6.45, 7) is 0. The molecule has 0 unspecified atom stereocenters. The highest BCUT2D eigenvalue weighted by molar-refractivity contribution is 5.34. The highest BCUT2D eigenvalue weighted by Crippen LogP contribution is 2.45. The van der Waals surface area contributed by atoms with E-state index in [9.17, 15) is 17.6 Å². The van der Waals surface area contributed by atoms with E-state index in [4.69, 9.17) is 9.84 Å². The number of phenols is 1. The van der Waals surface area contributed by atoms with Crippen LogP contribution in [0.1, 0.15) is 51.4 Å². The first-order chi connectivity index (χ1) is 13.3. The second-order valence-corrected chi connectivity index (χ2v) is 7.84. The molecule has 0 saturated heterocycles. The van der Waals surface area contributed by atoms with Crippen molar-refractivity contribution in [2.24, 2.45) is 17.8 Å². The Morgan fingerprint density at radius 2 is 1.57 bits per heavy atom. The van der Waals surface area contributed by atoms with Crippen molar-refractivity contribution >= 4 is 0 Å². The molecular formula is C21H26F4O3. The number of alkyl halides is 2. The van der Waals surface area contributed by atoms with Crippen molar-refractivity contribution in [1.82, 2.24) is 0 Å². The summed E-state index contributed by atoms with van der Waals surface area (Å²) < 4.78 is 65.8. The van der Waals surface area contributed by atoms with Crippen molar-refractivity contribution in [2.75, 3.05) is 7.11 Å². The average Bonchev–Trinajstić information content (AvgIpc) is 2.69. The predicted molar refractivity (Wildman–Crippen MR) is 96.1 cm³/mol. The average molecular weight is 402 g/mol. The van der Waals surface area contributed by atoms with Gasteiger partial charge in [-0.2, -0.15) is 17.6 Å². The molecule has 3 rings (SSSR count). The van der Waals surface area contributed by atoms with Gasteiger partial charge >= 0.3 is 6.11 Å². The summed E-state index contributed by atoms with van der Waals surface area (Å²) in [6.07, 6.45) is 4.24. The number of rotatable bonds is 5. The third kappa shape index (κ3) is 4.55. The predicted octanol–water partition coefficient (Wildman–Crippen LogP) is 6.17. The van der Waals surface area contributed by atoms with Crippen LogP contribution in [0.4, 0.5) is 17.6 Å². The Kier molecular flexibility index (Phi) is 6.40. The van der Waals surface area contributed by atoms with Gasteiger partial charge in [-0.25, -0.2) is 0 Å². The van der Waals surface area contributed by atoms with E-state index in [0.29, 0.717) is 24.7 Å². The van der Waals surface area contributed by atoms with Crippen LogP contribution in [0, 0.1) is 29.4 Å². The molecule has 0 radical (unpaired) electrons. The maximum Gasteiger partial charge on any atom is 0.400 e. The van der Waals surface area contributed by atoms with E-state index in [2.05, 4.69) is 4.74 Å². The number of aromatic hydroxyl groups is 1. The van der Waals surface area contributed by atoms with E-state index in [0.717, 1.165) is 37.8 Å². The lowest BCUT2D eigenvalue weighted by atomic mass is 9.70. The van der Waals surface area contributed by atoms with Crippen molar-refractivity contribution in [3.05, 3.63) is 35.6 Å². The van der Waals surface area contributed by atoms with Crippen molar-refractivity contribution < 1.29 is 32.1 Å². The Morgan fingerprint density at radius 3 is 2.18 bits per heavy atom. The van der Waals surface area contributed by atoms with E-state index in [1.807, 2.05) is 0 Å². The lowest BCUT2D eigenvalue weighted by Crippen LogP contribution is -2.38. The minimum absolute atomic E-state index is 0.289. The second kappa shape index (κ2) is 8.62. The fourth-order valence-corrected chi connectivity index (χ4v) is 4.52. The number of methoxy groups -OCH3 is 1. The van der Waals surface area contributed by atoms with E-state index in [-0.39, 0.29) is 12.8 Å². The van der Waals surface area contributed by atoms with Crippen molar-refractivity contribution in [1.29, 1.82) is 0 Å². The smallest absolute Gasteiger partial charge is 0.400 e. The molecule has 0 amide bonds. The Labute approximate surface area is 162 Å². The zero-order chi connectivity index (χ0) is 20.3. The van der Waals surface area contributed by atoms with Gasteiger partial charge in [-0.15, -0.1) is 0 Å². The number of benzene rings is 1. The zero-order valence-electron chi connectivity index (χ0n) is 15.9. The molecule has 0 spiro atoms. The largest absolute Gasteiger partial charge is 0.505 e. The van der Waals surface area contributed by atoms with E-state index < -0.39 is 35.2 Å². The second-order valence-electron chi connectivity index (χ2n) is 7.84. The molecular weight excluding hydrogens is 376 g/mol. The van der Waals surface area contributed by atoms with Gasteiger partial charge in [-0.3, -0.25) is 0 Å². The molecule has 0 atom stereocenters. The molecule has 3 nitrogen and oxygen atoms in total. The summed E-state index contributed by atoms with van der Waals surface area (Å²) in [7, 11) is 1.64. The summed E-state index contributed by atoms with van der Waals surface area (Å²) in [5.41, 5.74) is 1.30. The number of allylic oxidation sites excluding steroid dienone is 1. The molecule has 0 heterocycles. The number of hydrogen-bond donors (Lipinski definition) is 1. The molecule has 0 aliphatic heterocycles. The fourth-order valence-electron chi connectivity index (χ4n) is 4.52. The van der Waals surface area contributed by atoms with Crippen LogP contribution < -0.4 is 4.74 Å². The summed E-state index contributed by atoms with van der Waals surface area (Å²) in [4.78, 5) is 0. The first kappa shape index (κ1) is 20.8. The molecule has 2 aliphatic rings.